The quantitative estimate of drug-likeness (QED) is 0.326. The summed E-state index contributed by atoms with van der Waals surface area (Å²) in [6.45, 7) is -0.539. The van der Waals surface area contributed by atoms with E-state index in [0.717, 1.165) is 10.8 Å². The molecule has 0 radical (unpaired) electrons. The van der Waals surface area contributed by atoms with Crippen molar-refractivity contribution in [2.45, 2.75) is 0 Å². The molecule has 0 fully saturated rings. The molecule has 0 unspecified atom stereocenters. The summed E-state index contributed by atoms with van der Waals surface area (Å²) in [6.07, 6.45) is 0. The normalized spacial score (nSPS) is 10.1. The second-order valence-electron chi connectivity index (χ2n) is 4.36. The van der Waals surface area contributed by atoms with Crippen LogP contribution in [0, 0.1) is 0 Å². The van der Waals surface area contributed by atoms with Crippen LogP contribution in [0.25, 0.3) is 10.8 Å². The lowest BCUT2D eigenvalue weighted by Crippen LogP contribution is -2.35. The fraction of sp³-hybridized carbons (Fsp3) is 0.143. The molecule has 8 nitrogen and oxygen atoms in total. The van der Waals surface area contributed by atoms with Crippen molar-refractivity contribution in [1.82, 2.24) is 10.9 Å². The summed E-state index contributed by atoms with van der Waals surface area (Å²) in [4.78, 5) is 22.4. The Balaban J connectivity index is 2.27. The van der Waals surface area contributed by atoms with Gasteiger partial charge in [-0.05, 0) is 22.9 Å². The van der Waals surface area contributed by atoms with Crippen LogP contribution in [-0.4, -0.2) is 25.0 Å². The lowest BCUT2D eigenvalue weighted by atomic mass is 10.1. The topological polar surface area (TPSA) is 129 Å². The highest BCUT2D eigenvalue weighted by atomic mass is 16.5. The Hall–Kier alpha value is -2.84. The second-order valence-corrected chi connectivity index (χ2v) is 4.36. The number of rotatable bonds is 6. The van der Waals surface area contributed by atoms with E-state index in [0.29, 0.717) is 11.5 Å². The van der Waals surface area contributed by atoms with Gasteiger partial charge in [-0.25, -0.2) is 11.7 Å². The average Bonchev–Trinajstić information content (AvgIpc) is 2.56. The van der Waals surface area contributed by atoms with Crippen molar-refractivity contribution >= 4 is 22.6 Å². The first kappa shape index (κ1) is 15.5. The Kier molecular flexibility index (Phi) is 5.12. The maximum absolute atomic E-state index is 11.2. The van der Waals surface area contributed by atoms with Crippen molar-refractivity contribution in [3.63, 3.8) is 0 Å². The molecule has 0 aliphatic heterocycles. The second kappa shape index (κ2) is 7.25. The van der Waals surface area contributed by atoms with Gasteiger partial charge in [0, 0.05) is 0 Å². The minimum Gasteiger partial charge on any atom is -0.480 e. The molecule has 0 atom stereocenters. The van der Waals surface area contributed by atoms with Gasteiger partial charge >= 0.3 is 0 Å². The third kappa shape index (κ3) is 3.84. The smallest absolute Gasteiger partial charge is 0.271 e. The number of amides is 2. The zero-order chi connectivity index (χ0) is 15.9. The highest BCUT2D eigenvalue weighted by Crippen LogP contribution is 2.32. The van der Waals surface area contributed by atoms with Crippen LogP contribution in [0.3, 0.4) is 0 Å². The molecule has 2 amide bonds. The minimum atomic E-state index is -0.487. The first-order valence-electron chi connectivity index (χ1n) is 6.41. The highest BCUT2D eigenvalue weighted by molar-refractivity contribution is 5.86. The maximum Gasteiger partial charge on any atom is 0.271 e. The van der Waals surface area contributed by atoms with Crippen LogP contribution in [0.4, 0.5) is 0 Å². The van der Waals surface area contributed by atoms with Gasteiger partial charge < -0.3 is 9.47 Å². The van der Waals surface area contributed by atoms with Gasteiger partial charge in [-0.2, -0.15) is 0 Å². The van der Waals surface area contributed by atoms with E-state index < -0.39 is 11.8 Å². The summed E-state index contributed by atoms with van der Waals surface area (Å²) in [7, 11) is 0. The maximum atomic E-state index is 11.2. The van der Waals surface area contributed by atoms with Gasteiger partial charge in [0.1, 0.15) is 0 Å². The first-order chi connectivity index (χ1) is 10.6. The van der Waals surface area contributed by atoms with E-state index >= 15 is 0 Å². The monoisotopic (exact) mass is 304 g/mol. The van der Waals surface area contributed by atoms with Crippen molar-refractivity contribution in [3.8, 4) is 11.5 Å². The van der Waals surface area contributed by atoms with Gasteiger partial charge in [-0.15, -0.1) is 0 Å². The van der Waals surface area contributed by atoms with E-state index in [9.17, 15) is 9.59 Å². The molecular weight excluding hydrogens is 288 g/mol. The van der Waals surface area contributed by atoms with Crippen molar-refractivity contribution in [2.24, 2.45) is 11.7 Å². The predicted molar refractivity (Wildman–Crippen MR) is 79.6 cm³/mol. The molecule has 0 spiro atoms. The van der Waals surface area contributed by atoms with Crippen LogP contribution in [0.1, 0.15) is 0 Å². The Morgan fingerprint density at radius 2 is 1.27 bits per heavy atom. The summed E-state index contributed by atoms with van der Waals surface area (Å²) in [6, 6.07) is 11.0. The average molecular weight is 304 g/mol. The standard InChI is InChI=1S/C14H16N4O4/c15-17-13(19)7-21-11-5-9-3-1-2-4-10(9)6-12(11)22-8-14(20)18-16/h1-6H,7-8,15-16H2,(H,17,19)(H,18,20). The molecule has 0 aromatic heterocycles. The number of carbonyl (C=O) groups excluding carboxylic acids is 2. The third-order valence-corrected chi connectivity index (χ3v) is 2.85. The van der Waals surface area contributed by atoms with Crippen molar-refractivity contribution in [2.75, 3.05) is 13.2 Å². The van der Waals surface area contributed by atoms with Gasteiger partial charge in [0.15, 0.2) is 24.7 Å². The molecule has 6 N–H and O–H groups in total. The molecular formula is C14H16N4O4. The molecule has 0 saturated carbocycles. The van der Waals surface area contributed by atoms with E-state index in [2.05, 4.69) is 0 Å². The molecule has 0 bridgehead atoms. The van der Waals surface area contributed by atoms with E-state index in [-0.39, 0.29) is 13.2 Å². The molecule has 0 saturated heterocycles. The number of nitrogens with one attached hydrogen (secondary N) is 2. The van der Waals surface area contributed by atoms with Crippen LogP contribution in [-0.2, 0) is 9.59 Å². The Morgan fingerprint density at radius 1 is 0.864 bits per heavy atom. The van der Waals surface area contributed by atoms with Crippen LogP contribution in [0.5, 0.6) is 11.5 Å². The Bertz CT molecular complexity index is 631. The van der Waals surface area contributed by atoms with Gasteiger partial charge in [0.05, 0.1) is 0 Å². The fourth-order valence-corrected chi connectivity index (χ4v) is 1.79. The fourth-order valence-electron chi connectivity index (χ4n) is 1.79. The van der Waals surface area contributed by atoms with Gasteiger partial charge in [0.25, 0.3) is 11.8 Å². The Morgan fingerprint density at radius 3 is 1.64 bits per heavy atom. The highest BCUT2D eigenvalue weighted by Gasteiger charge is 2.11. The van der Waals surface area contributed by atoms with Crippen molar-refractivity contribution in [3.05, 3.63) is 36.4 Å². The van der Waals surface area contributed by atoms with Crippen LogP contribution >= 0.6 is 0 Å². The van der Waals surface area contributed by atoms with Crippen molar-refractivity contribution < 1.29 is 19.1 Å². The van der Waals surface area contributed by atoms with Crippen LogP contribution < -0.4 is 32.0 Å². The minimum absolute atomic E-state index is 0.270. The van der Waals surface area contributed by atoms with Gasteiger partial charge in [-0.1, -0.05) is 24.3 Å². The molecule has 2 rings (SSSR count). The summed E-state index contributed by atoms with van der Waals surface area (Å²) >= 11 is 0. The largest absolute Gasteiger partial charge is 0.480 e. The number of ether oxygens (including phenoxy) is 2. The summed E-state index contributed by atoms with van der Waals surface area (Å²) in [5.41, 5.74) is 3.93. The number of hydrazine groups is 2. The van der Waals surface area contributed by atoms with Gasteiger partial charge in [-0.3, -0.25) is 20.4 Å². The number of benzene rings is 2. The van der Waals surface area contributed by atoms with Crippen LogP contribution in [0.15, 0.2) is 36.4 Å². The van der Waals surface area contributed by atoms with E-state index in [4.69, 9.17) is 21.2 Å². The van der Waals surface area contributed by atoms with E-state index in [1.807, 2.05) is 35.1 Å². The number of nitrogens with two attached hydrogens (primary N) is 2. The lowest BCUT2D eigenvalue weighted by molar-refractivity contribution is -0.124. The Labute approximate surface area is 126 Å². The molecule has 116 valence electrons. The number of hydrogen-bond donors (Lipinski definition) is 4. The summed E-state index contributed by atoms with van der Waals surface area (Å²) in [5.74, 6) is 9.68. The van der Waals surface area contributed by atoms with Gasteiger partial charge in [0.2, 0.25) is 0 Å². The first-order valence-corrected chi connectivity index (χ1v) is 6.41. The predicted octanol–water partition coefficient (Wildman–Crippen LogP) is -0.423. The zero-order valence-electron chi connectivity index (χ0n) is 11.7. The number of hydrogen-bond acceptors (Lipinski definition) is 6. The van der Waals surface area contributed by atoms with E-state index in [1.165, 1.54) is 0 Å². The lowest BCUT2D eigenvalue weighted by Gasteiger charge is -2.13. The van der Waals surface area contributed by atoms with Crippen molar-refractivity contribution in [1.29, 1.82) is 0 Å². The number of carbonyl (C=O) groups is 2. The number of fused-ring (bicyclic) bond motifs is 1. The molecule has 0 aliphatic rings. The molecule has 2 aromatic carbocycles. The molecule has 22 heavy (non-hydrogen) atoms. The molecule has 2 aromatic rings. The van der Waals surface area contributed by atoms with E-state index in [1.54, 1.807) is 12.1 Å². The summed E-state index contributed by atoms with van der Waals surface area (Å²) < 4.78 is 10.8. The molecule has 0 heterocycles. The molecule has 0 aliphatic carbocycles. The SMILES string of the molecule is NNC(=O)COc1cc2ccccc2cc1OCC(=O)NN. The third-order valence-electron chi connectivity index (χ3n) is 2.85. The zero-order valence-corrected chi connectivity index (χ0v) is 11.7. The molecule has 8 heteroatoms. The summed E-state index contributed by atoms with van der Waals surface area (Å²) in [5, 5.41) is 1.81. The van der Waals surface area contributed by atoms with Crippen LogP contribution in [0.2, 0.25) is 0 Å².